The van der Waals surface area contributed by atoms with Crippen LogP contribution >= 0.6 is 0 Å². The van der Waals surface area contributed by atoms with Crippen LogP contribution in [0.3, 0.4) is 0 Å². The molecule has 4 heteroatoms. The van der Waals surface area contributed by atoms with E-state index < -0.39 is 11.6 Å². The number of benzene rings is 1. The van der Waals surface area contributed by atoms with E-state index in [1.807, 2.05) is 0 Å². The van der Waals surface area contributed by atoms with Crippen LogP contribution in [0.1, 0.15) is 78.1 Å². The Hall–Kier alpha value is -1.58. The van der Waals surface area contributed by atoms with Crippen LogP contribution in [0.15, 0.2) is 24.3 Å². The van der Waals surface area contributed by atoms with Crippen molar-refractivity contribution in [3.8, 4) is 11.5 Å². The van der Waals surface area contributed by atoms with Crippen molar-refractivity contribution in [2.24, 2.45) is 23.7 Å². The first-order valence-corrected chi connectivity index (χ1v) is 12.0. The highest BCUT2D eigenvalue weighted by atomic mass is 19.2. The van der Waals surface area contributed by atoms with E-state index in [9.17, 15) is 8.78 Å². The highest BCUT2D eigenvalue weighted by Gasteiger charge is 2.31. The molecule has 0 aliphatic heterocycles. The summed E-state index contributed by atoms with van der Waals surface area (Å²) in [5.41, 5.74) is 0. The largest absolute Gasteiger partial charge is 0.491 e. The zero-order valence-electron chi connectivity index (χ0n) is 18.7. The Morgan fingerprint density at radius 2 is 1.37 bits per heavy atom. The first kappa shape index (κ1) is 23.1. The van der Waals surface area contributed by atoms with Gasteiger partial charge < -0.3 is 9.47 Å². The normalized spacial score (nSPS) is 27.3. The van der Waals surface area contributed by atoms with Crippen molar-refractivity contribution >= 4 is 0 Å². The predicted molar refractivity (Wildman–Crippen MR) is 118 cm³/mol. The molecule has 0 atom stereocenters. The van der Waals surface area contributed by atoms with Crippen LogP contribution < -0.4 is 9.47 Å². The van der Waals surface area contributed by atoms with Gasteiger partial charge >= 0.3 is 0 Å². The summed E-state index contributed by atoms with van der Waals surface area (Å²) in [6.45, 7) is 4.62. The molecule has 1 aromatic rings. The van der Waals surface area contributed by atoms with E-state index >= 15 is 0 Å². The van der Waals surface area contributed by atoms with Crippen LogP contribution in [-0.4, -0.2) is 13.2 Å². The second-order valence-corrected chi connectivity index (χ2v) is 9.14. The van der Waals surface area contributed by atoms with E-state index in [0.29, 0.717) is 19.1 Å². The summed E-state index contributed by atoms with van der Waals surface area (Å²) >= 11 is 0. The van der Waals surface area contributed by atoms with Gasteiger partial charge in [-0.3, -0.25) is 0 Å². The number of rotatable bonds is 9. The van der Waals surface area contributed by atoms with Crippen molar-refractivity contribution in [3.05, 3.63) is 35.9 Å². The summed E-state index contributed by atoms with van der Waals surface area (Å²) in [5.74, 6) is 1.13. The second kappa shape index (κ2) is 11.7. The van der Waals surface area contributed by atoms with Crippen molar-refractivity contribution in [2.45, 2.75) is 78.1 Å². The average Bonchev–Trinajstić information content (AvgIpc) is 2.78. The molecule has 2 aliphatic rings. The lowest BCUT2D eigenvalue weighted by molar-refractivity contribution is 0.120. The number of hydrogen-bond donors (Lipinski definition) is 0. The van der Waals surface area contributed by atoms with Gasteiger partial charge in [0.1, 0.15) is 0 Å². The molecule has 0 saturated heterocycles. The van der Waals surface area contributed by atoms with E-state index in [4.69, 9.17) is 9.47 Å². The zero-order chi connectivity index (χ0) is 21.3. The van der Waals surface area contributed by atoms with Crippen molar-refractivity contribution in [2.75, 3.05) is 13.2 Å². The summed E-state index contributed by atoms with van der Waals surface area (Å²) in [5, 5.41) is 0. The summed E-state index contributed by atoms with van der Waals surface area (Å²) in [7, 11) is 0. The van der Waals surface area contributed by atoms with Gasteiger partial charge in [-0.15, -0.1) is 0 Å². The summed E-state index contributed by atoms with van der Waals surface area (Å²) < 4.78 is 38.9. The van der Waals surface area contributed by atoms with Gasteiger partial charge in [0.25, 0.3) is 0 Å². The number of hydrogen-bond acceptors (Lipinski definition) is 2. The Morgan fingerprint density at radius 3 is 1.90 bits per heavy atom. The van der Waals surface area contributed by atoms with Gasteiger partial charge in [0, 0.05) is 0 Å². The van der Waals surface area contributed by atoms with Gasteiger partial charge in [-0.1, -0.05) is 25.0 Å². The number of halogens is 2. The fraction of sp³-hybridized carbons (Fsp3) is 0.692. The Kier molecular flexibility index (Phi) is 9.02. The van der Waals surface area contributed by atoms with Crippen LogP contribution in [0.2, 0.25) is 0 Å². The van der Waals surface area contributed by atoms with Gasteiger partial charge in [0.05, 0.1) is 13.2 Å². The SMILES string of the molecule is CC=CCCC1CCC(C2CCC(COc3ccc(OCC)c(F)c3F)CC2)CC1. The number of ether oxygens (including phenoxy) is 2. The smallest absolute Gasteiger partial charge is 0.204 e. The molecule has 0 heterocycles. The summed E-state index contributed by atoms with van der Waals surface area (Å²) in [6, 6.07) is 2.92. The minimum atomic E-state index is -0.959. The molecule has 2 aliphatic carbocycles. The fourth-order valence-electron chi connectivity index (χ4n) is 5.37. The monoisotopic (exact) mass is 420 g/mol. The molecule has 30 heavy (non-hydrogen) atoms. The van der Waals surface area contributed by atoms with Gasteiger partial charge in [0.2, 0.25) is 11.6 Å². The Morgan fingerprint density at radius 1 is 0.833 bits per heavy atom. The summed E-state index contributed by atoms with van der Waals surface area (Å²) in [4.78, 5) is 0. The van der Waals surface area contributed by atoms with Crippen LogP contribution in [-0.2, 0) is 0 Å². The van der Waals surface area contributed by atoms with Crippen LogP contribution in [0.4, 0.5) is 8.78 Å². The average molecular weight is 421 g/mol. The zero-order valence-corrected chi connectivity index (χ0v) is 18.7. The topological polar surface area (TPSA) is 18.5 Å². The third kappa shape index (κ3) is 6.21. The minimum absolute atomic E-state index is 0.00526. The highest BCUT2D eigenvalue weighted by Crippen LogP contribution is 2.42. The van der Waals surface area contributed by atoms with Crippen LogP contribution in [0, 0.1) is 35.3 Å². The van der Waals surface area contributed by atoms with Crippen molar-refractivity contribution in [1.29, 1.82) is 0 Å². The fourth-order valence-corrected chi connectivity index (χ4v) is 5.37. The molecule has 0 radical (unpaired) electrons. The maximum atomic E-state index is 14.2. The third-order valence-corrected chi connectivity index (χ3v) is 7.21. The number of allylic oxidation sites excluding steroid dienone is 2. The molecule has 0 spiro atoms. The molecule has 0 N–H and O–H groups in total. The quantitative estimate of drug-likeness (QED) is 0.381. The van der Waals surface area contributed by atoms with Crippen molar-refractivity contribution in [1.82, 2.24) is 0 Å². The molecule has 0 unspecified atom stereocenters. The lowest BCUT2D eigenvalue weighted by Crippen LogP contribution is -2.27. The molecule has 0 amide bonds. The molecular weight excluding hydrogens is 382 g/mol. The standard InChI is InChI=1S/C26H38F2O2/c1-3-5-6-7-19-8-12-21(13-9-19)22-14-10-20(11-15-22)18-30-24-17-16-23(29-4-2)25(27)26(24)28/h3,5,16-17,19-22H,4,6-15,18H2,1-2H3. The maximum Gasteiger partial charge on any atom is 0.204 e. The highest BCUT2D eigenvalue weighted by molar-refractivity contribution is 5.35. The van der Waals surface area contributed by atoms with Gasteiger partial charge in [-0.2, -0.15) is 8.78 Å². The molecule has 3 rings (SSSR count). The van der Waals surface area contributed by atoms with Gasteiger partial charge in [0.15, 0.2) is 11.5 Å². The summed E-state index contributed by atoms with van der Waals surface area (Å²) in [6.07, 6.45) is 17.4. The Bertz CT molecular complexity index is 672. The maximum absolute atomic E-state index is 14.2. The van der Waals surface area contributed by atoms with Gasteiger partial charge in [-0.25, -0.2) is 0 Å². The Labute approximate surface area is 181 Å². The van der Waals surface area contributed by atoms with Crippen molar-refractivity contribution < 1.29 is 18.3 Å². The molecule has 0 aromatic heterocycles. The molecule has 168 valence electrons. The van der Waals surface area contributed by atoms with Crippen LogP contribution in [0.5, 0.6) is 11.5 Å². The second-order valence-electron chi connectivity index (χ2n) is 9.14. The molecule has 0 bridgehead atoms. The predicted octanol–water partition coefficient (Wildman–Crippen LogP) is 7.71. The third-order valence-electron chi connectivity index (χ3n) is 7.21. The lowest BCUT2D eigenvalue weighted by atomic mass is 9.69. The van der Waals surface area contributed by atoms with E-state index in [1.165, 1.54) is 63.5 Å². The van der Waals surface area contributed by atoms with Crippen molar-refractivity contribution in [3.63, 3.8) is 0 Å². The van der Waals surface area contributed by atoms with E-state index in [1.54, 1.807) is 6.92 Å². The molecule has 2 fully saturated rings. The van der Waals surface area contributed by atoms with E-state index in [2.05, 4.69) is 19.1 Å². The molecule has 2 saturated carbocycles. The minimum Gasteiger partial charge on any atom is -0.491 e. The molecular formula is C26H38F2O2. The molecule has 2 nitrogen and oxygen atoms in total. The van der Waals surface area contributed by atoms with E-state index in [0.717, 1.165) is 30.6 Å². The Balaban J connectivity index is 1.39. The molecule has 1 aromatic carbocycles. The van der Waals surface area contributed by atoms with E-state index in [-0.39, 0.29) is 11.5 Å². The first-order chi connectivity index (χ1) is 14.6. The van der Waals surface area contributed by atoms with Crippen LogP contribution in [0.25, 0.3) is 0 Å². The lowest BCUT2D eigenvalue weighted by Gasteiger charge is -2.37. The van der Waals surface area contributed by atoms with Gasteiger partial charge in [-0.05, 0) is 101 Å². The first-order valence-electron chi connectivity index (χ1n) is 12.0.